The first-order chi connectivity index (χ1) is 13.0. The minimum absolute atomic E-state index is 0.122. The number of rotatable bonds is 9. The van der Waals surface area contributed by atoms with Gasteiger partial charge in [-0.1, -0.05) is 48.5 Å². The number of nitrogens with one attached hydrogen (secondary N) is 1. The molecule has 0 aliphatic rings. The molecule has 0 aliphatic heterocycles. The van der Waals surface area contributed by atoms with Gasteiger partial charge in [-0.05, 0) is 30.5 Å². The Balaban J connectivity index is 1.97. The standard InChI is InChI=1S/C21H25FN2O2S/c1-16(21(26)23-2)24(13-12-17-8-4-3-5-9-17)20(25)15-27-14-18-10-6-7-11-19(18)22/h3-11,16H,12-15H2,1-2H3,(H,23,26). The highest BCUT2D eigenvalue weighted by molar-refractivity contribution is 7.99. The molecule has 4 nitrogen and oxygen atoms in total. The van der Waals surface area contributed by atoms with Crippen LogP contribution in [0.1, 0.15) is 18.1 Å². The Labute approximate surface area is 164 Å². The number of amides is 2. The van der Waals surface area contributed by atoms with E-state index in [0.29, 0.717) is 24.3 Å². The molecule has 0 heterocycles. The van der Waals surface area contributed by atoms with Crippen molar-refractivity contribution in [1.82, 2.24) is 10.2 Å². The van der Waals surface area contributed by atoms with E-state index >= 15 is 0 Å². The summed E-state index contributed by atoms with van der Waals surface area (Å²) in [5.74, 6) is 0.0278. The van der Waals surface area contributed by atoms with E-state index in [1.807, 2.05) is 30.3 Å². The number of hydrogen-bond acceptors (Lipinski definition) is 3. The number of nitrogens with zero attached hydrogens (tertiary/aromatic N) is 1. The second-order valence-corrected chi connectivity index (χ2v) is 7.18. The molecule has 1 atom stereocenters. The summed E-state index contributed by atoms with van der Waals surface area (Å²) in [4.78, 5) is 26.4. The van der Waals surface area contributed by atoms with Gasteiger partial charge < -0.3 is 10.2 Å². The second-order valence-electron chi connectivity index (χ2n) is 6.20. The third-order valence-electron chi connectivity index (χ3n) is 4.34. The Morgan fingerprint density at radius 2 is 1.78 bits per heavy atom. The number of likely N-dealkylation sites (N-methyl/N-ethyl adjacent to an activating group) is 1. The van der Waals surface area contributed by atoms with Crippen molar-refractivity contribution in [3.8, 4) is 0 Å². The van der Waals surface area contributed by atoms with Crippen LogP contribution < -0.4 is 5.32 Å². The number of carbonyl (C=O) groups is 2. The molecule has 0 aliphatic carbocycles. The SMILES string of the molecule is CNC(=O)C(C)N(CCc1ccccc1)C(=O)CSCc1ccccc1F. The topological polar surface area (TPSA) is 49.4 Å². The van der Waals surface area contributed by atoms with Crippen molar-refractivity contribution in [3.63, 3.8) is 0 Å². The lowest BCUT2D eigenvalue weighted by atomic mass is 10.1. The lowest BCUT2D eigenvalue weighted by molar-refractivity contribution is -0.137. The highest BCUT2D eigenvalue weighted by atomic mass is 32.2. The van der Waals surface area contributed by atoms with Gasteiger partial charge in [0.05, 0.1) is 5.75 Å². The fourth-order valence-corrected chi connectivity index (χ4v) is 3.62. The average molecular weight is 389 g/mol. The monoisotopic (exact) mass is 388 g/mol. The van der Waals surface area contributed by atoms with Gasteiger partial charge in [0.25, 0.3) is 0 Å². The first-order valence-electron chi connectivity index (χ1n) is 8.89. The van der Waals surface area contributed by atoms with Gasteiger partial charge in [0, 0.05) is 19.3 Å². The molecule has 0 fully saturated rings. The first kappa shape index (κ1) is 21.0. The second kappa shape index (κ2) is 10.7. The normalized spacial score (nSPS) is 11.7. The predicted molar refractivity (Wildman–Crippen MR) is 108 cm³/mol. The summed E-state index contributed by atoms with van der Waals surface area (Å²) in [6.07, 6.45) is 0.673. The molecule has 0 radical (unpaired) electrons. The summed E-state index contributed by atoms with van der Waals surface area (Å²) in [7, 11) is 1.56. The molecule has 2 rings (SSSR count). The van der Waals surface area contributed by atoms with E-state index in [4.69, 9.17) is 0 Å². The summed E-state index contributed by atoms with van der Waals surface area (Å²) in [5.41, 5.74) is 1.68. The van der Waals surface area contributed by atoms with E-state index in [1.54, 1.807) is 37.1 Å². The molecular weight excluding hydrogens is 363 g/mol. The van der Waals surface area contributed by atoms with Crippen molar-refractivity contribution in [1.29, 1.82) is 0 Å². The number of carbonyl (C=O) groups excluding carboxylic acids is 2. The number of benzene rings is 2. The van der Waals surface area contributed by atoms with E-state index < -0.39 is 6.04 Å². The van der Waals surface area contributed by atoms with Crippen LogP contribution in [-0.2, 0) is 21.8 Å². The van der Waals surface area contributed by atoms with Gasteiger partial charge in [-0.3, -0.25) is 9.59 Å². The molecule has 2 aromatic carbocycles. The third-order valence-corrected chi connectivity index (χ3v) is 5.31. The molecular formula is C21H25FN2O2S. The summed E-state index contributed by atoms with van der Waals surface area (Å²) in [6, 6.07) is 15.8. The molecule has 0 saturated heterocycles. The summed E-state index contributed by atoms with van der Waals surface area (Å²) >= 11 is 1.35. The van der Waals surface area contributed by atoms with Crippen LogP contribution in [-0.4, -0.2) is 42.1 Å². The Hall–Kier alpha value is -2.34. The van der Waals surface area contributed by atoms with Crippen LogP contribution in [0.25, 0.3) is 0 Å². The molecule has 0 saturated carbocycles. The first-order valence-corrected chi connectivity index (χ1v) is 10.0. The largest absolute Gasteiger partial charge is 0.357 e. The maximum absolute atomic E-state index is 13.7. The van der Waals surface area contributed by atoms with Crippen molar-refractivity contribution in [3.05, 3.63) is 71.5 Å². The molecule has 27 heavy (non-hydrogen) atoms. The fourth-order valence-electron chi connectivity index (χ4n) is 2.73. The summed E-state index contributed by atoms with van der Waals surface area (Å²) in [6.45, 7) is 2.18. The van der Waals surface area contributed by atoms with Crippen molar-refractivity contribution in [2.24, 2.45) is 0 Å². The molecule has 0 bridgehead atoms. The maximum atomic E-state index is 13.7. The lowest BCUT2D eigenvalue weighted by Crippen LogP contribution is -2.48. The number of halogens is 1. The summed E-state index contributed by atoms with van der Waals surface area (Å²) < 4.78 is 13.7. The van der Waals surface area contributed by atoms with Crippen LogP contribution in [0.2, 0.25) is 0 Å². The molecule has 144 valence electrons. The van der Waals surface area contributed by atoms with Crippen LogP contribution in [0.5, 0.6) is 0 Å². The van der Waals surface area contributed by atoms with E-state index in [-0.39, 0.29) is 23.4 Å². The molecule has 2 aromatic rings. The smallest absolute Gasteiger partial charge is 0.242 e. The molecule has 0 spiro atoms. The quantitative estimate of drug-likeness (QED) is 0.717. The zero-order chi connectivity index (χ0) is 19.6. The predicted octanol–water partition coefficient (Wildman–Crippen LogP) is 3.26. The van der Waals surface area contributed by atoms with Gasteiger partial charge in [-0.15, -0.1) is 11.8 Å². The number of hydrogen-bond donors (Lipinski definition) is 1. The van der Waals surface area contributed by atoms with E-state index in [1.165, 1.54) is 17.8 Å². The van der Waals surface area contributed by atoms with Crippen molar-refractivity contribution in [2.45, 2.75) is 25.1 Å². The average Bonchev–Trinajstić information content (AvgIpc) is 2.69. The van der Waals surface area contributed by atoms with E-state index in [9.17, 15) is 14.0 Å². The molecule has 2 amide bonds. The van der Waals surface area contributed by atoms with Crippen LogP contribution in [0.3, 0.4) is 0 Å². The van der Waals surface area contributed by atoms with E-state index in [2.05, 4.69) is 5.32 Å². The maximum Gasteiger partial charge on any atom is 0.242 e. The highest BCUT2D eigenvalue weighted by Gasteiger charge is 2.24. The van der Waals surface area contributed by atoms with Gasteiger partial charge in [0.15, 0.2) is 0 Å². The van der Waals surface area contributed by atoms with Gasteiger partial charge >= 0.3 is 0 Å². The Bertz CT molecular complexity index is 755. The van der Waals surface area contributed by atoms with Crippen LogP contribution in [0, 0.1) is 5.82 Å². The molecule has 1 unspecified atom stereocenters. The van der Waals surface area contributed by atoms with Gasteiger partial charge in [0.2, 0.25) is 11.8 Å². The van der Waals surface area contributed by atoms with Gasteiger partial charge in [-0.2, -0.15) is 0 Å². The molecule has 1 N–H and O–H groups in total. The van der Waals surface area contributed by atoms with Crippen molar-refractivity contribution < 1.29 is 14.0 Å². The minimum atomic E-state index is -0.555. The van der Waals surface area contributed by atoms with E-state index in [0.717, 1.165) is 5.56 Å². The zero-order valence-corrected chi connectivity index (χ0v) is 16.5. The Kier molecular flexibility index (Phi) is 8.33. The van der Waals surface area contributed by atoms with Crippen LogP contribution in [0.15, 0.2) is 54.6 Å². The van der Waals surface area contributed by atoms with Crippen LogP contribution in [0.4, 0.5) is 4.39 Å². The third kappa shape index (κ3) is 6.40. The van der Waals surface area contributed by atoms with Crippen LogP contribution >= 0.6 is 11.8 Å². The Morgan fingerprint density at radius 1 is 1.11 bits per heavy atom. The zero-order valence-electron chi connectivity index (χ0n) is 15.7. The Morgan fingerprint density at radius 3 is 2.44 bits per heavy atom. The minimum Gasteiger partial charge on any atom is -0.357 e. The number of thioether (sulfide) groups is 1. The lowest BCUT2D eigenvalue weighted by Gasteiger charge is -2.28. The summed E-state index contributed by atoms with van der Waals surface area (Å²) in [5, 5.41) is 2.60. The van der Waals surface area contributed by atoms with Crippen molar-refractivity contribution in [2.75, 3.05) is 19.3 Å². The van der Waals surface area contributed by atoms with Crippen molar-refractivity contribution >= 4 is 23.6 Å². The highest BCUT2D eigenvalue weighted by Crippen LogP contribution is 2.17. The molecule has 0 aromatic heterocycles. The van der Waals surface area contributed by atoms with Gasteiger partial charge in [-0.25, -0.2) is 4.39 Å². The fraction of sp³-hybridized carbons (Fsp3) is 0.333. The van der Waals surface area contributed by atoms with Gasteiger partial charge in [0.1, 0.15) is 11.9 Å². The molecule has 6 heteroatoms.